The highest BCUT2D eigenvalue weighted by molar-refractivity contribution is 5.81. The van der Waals surface area contributed by atoms with E-state index in [1.807, 2.05) is 6.07 Å². The Morgan fingerprint density at radius 2 is 1.80 bits per heavy atom. The summed E-state index contributed by atoms with van der Waals surface area (Å²) in [5.74, 6) is 0.760. The molecule has 2 saturated heterocycles. The lowest BCUT2D eigenvalue weighted by molar-refractivity contribution is -0.137. The highest BCUT2D eigenvalue weighted by Gasteiger charge is 2.29. The maximum Gasteiger partial charge on any atom is 0.239 e. The van der Waals surface area contributed by atoms with Crippen LogP contribution in [0.1, 0.15) is 51.0 Å². The molecule has 25 heavy (non-hydrogen) atoms. The van der Waals surface area contributed by atoms with Gasteiger partial charge >= 0.3 is 0 Å². The first-order valence-electron chi connectivity index (χ1n) is 9.91. The Hall–Kier alpha value is -1.42. The Bertz CT molecular complexity index is 561. The number of amides is 1. The second kappa shape index (κ2) is 8.79. The van der Waals surface area contributed by atoms with Gasteiger partial charge in [-0.3, -0.25) is 9.69 Å². The van der Waals surface area contributed by atoms with Gasteiger partial charge in [0.1, 0.15) is 5.82 Å². The van der Waals surface area contributed by atoms with Crippen LogP contribution in [0.4, 0.5) is 4.39 Å². The zero-order valence-corrected chi connectivity index (χ0v) is 15.4. The molecule has 0 N–H and O–H groups in total. The molecule has 2 heterocycles. The first kappa shape index (κ1) is 18.4. The smallest absolute Gasteiger partial charge is 0.239 e. The molecule has 0 aliphatic carbocycles. The van der Waals surface area contributed by atoms with Crippen LogP contribution in [0.3, 0.4) is 0 Å². The minimum absolute atomic E-state index is 0.00628. The summed E-state index contributed by atoms with van der Waals surface area (Å²) in [7, 11) is 0. The number of piperidine rings is 1. The van der Waals surface area contributed by atoms with Gasteiger partial charge in [-0.15, -0.1) is 0 Å². The Labute approximate surface area is 151 Å². The van der Waals surface area contributed by atoms with Gasteiger partial charge in [0.2, 0.25) is 5.91 Å². The van der Waals surface area contributed by atoms with Gasteiger partial charge < -0.3 is 4.90 Å². The summed E-state index contributed by atoms with van der Waals surface area (Å²) in [6.45, 7) is 5.88. The van der Waals surface area contributed by atoms with Crippen LogP contribution in [-0.2, 0) is 11.2 Å². The van der Waals surface area contributed by atoms with Crippen molar-refractivity contribution in [1.29, 1.82) is 0 Å². The summed E-state index contributed by atoms with van der Waals surface area (Å²) in [5, 5.41) is 0. The average molecular weight is 346 g/mol. The molecule has 138 valence electrons. The normalized spacial score (nSPS) is 21.8. The van der Waals surface area contributed by atoms with Gasteiger partial charge in [-0.2, -0.15) is 0 Å². The van der Waals surface area contributed by atoms with Crippen molar-refractivity contribution >= 4 is 5.91 Å². The molecule has 1 aromatic rings. The van der Waals surface area contributed by atoms with E-state index in [0.29, 0.717) is 11.8 Å². The summed E-state index contributed by atoms with van der Waals surface area (Å²) in [6, 6.07) is 6.95. The molecule has 0 saturated carbocycles. The van der Waals surface area contributed by atoms with Gasteiger partial charge in [0.25, 0.3) is 0 Å². The van der Waals surface area contributed by atoms with E-state index in [1.54, 1.807) is 12.1 Å². The summed E-state index contributed by atoms with van der Waals surface area (Å²) >= 11 is 0. The first-order chi connectivity index (χ1) is 12.1. The van der Waals surface area contributed by atoms with E-state index in [1.165, 1.54) is 18.9 Å². The highest BCUT2D eigenvalue weighted by Crippen LogP contribution is 2.24. The van der Waals surface area contributed by atoms with Crippen LogP contribution in [-0.4, -0.2) is 47.9 Å². The molecule has 1 atom stereocenters. The third kappa shape index (κ3) is 5.04. The zero-order valence-electron chi connectivity index (χ0n) is 15.4. The van der Waals surface area contributed by atoms with E-state index in [0.717, 1.165) is 63.8 Å². The fourth-order valence-electron chi connectivity index (χ4n) is 4.25. The van der Waals surface area contributed by atoms with Gasteiger partial charge in [-0.1, -0.05) is 25.0 Å². The van der Waals surface area contributed by atoms with Gasteiger partial charge in [-0.05, 0) is 75.7 Å². The van der Waals surface area contributed by atoms with E-state index < -0.39 is 0 Å². The number of carbonyl (C=O) groups is 1. The van der Waals surface area contributed by atoms with E-state index in [-0.39, 0.29) is 11.9 Å². The minimum Gasteiger partial charge on any atom is -0.341 e. The van der Waals surface area contributed by atoms with Crippen molar-refractivity contribution in [3.8, 4) is 0 Å². The first-order valence-corrected chi connectivity index (χ1v) is 9.91. The Balaban J connectivity index is 1.48. The number of halogens is 1. The number of likely N-dealkylation sites (tertiary alicyclic amines) is 2. The van der Waals surface area contributed by atoms with Crippen LogP contribution in [0, 0.1) is 11.7 Å². The third-order valence-electron chi connectivity index (χ3n) is 5.89. The molecule has 0 aromatic heterocycles. The van der Waals surface area contributed by atoms with Crippen molar-refractivity contribution in [2.75, 3.05) is 26.2 Å². The number of nitrogens with zero attached hydrogens (tertiary/aromatic N) is 2. The molecule has 1 unspecified atom stereocenters. The molecule has 2 fully saturated rings. The Morgan fingerprint density at radius 3 is 2.44 bits per heavy atom. The summed E-state index contributed by atoms with van der Waals surface area (Å²) in [6.07, 6.45) is 7.93. The maximum absolute atomic E-state index is 13.3. The fraction of sp³-hybridized carbons (Fsp3) is 0.667. The monoisotopic (exact) mass is 346 g/mol. The van der Waals surface area contributed by atoms with E-state index in [2.05, 4.69) is 16.7 Å². The van der Waals surface area contributed by atoms with Crippen LogP contribution >= 0.6 is 0 Å². The van der Waals surface area contributed by atoms with Crippen molar-refractivity contribution in [2.45, 2.75) is 57.9 Å². The topological polar surface area (TPSA) is 23.6 Å². The van der Waals surface area contributed by atoms with Crippen molar-refractivity contribution < 1.29 is 9.18 Å². The van der Waals surface area contributed by atoms with Crippen LogP contribution < -0.4 is 0 Å². The lowest BCUT2D eigenvalue weighted by Crippen LogP contribution is -2.50. The Morgan fingerprint density at radius 1 is 1.12 bits per heavy atom. The molecule has 2 aliphatic rings. The van der Waals surface area contributed by atoms with Crippen LogP contribution in [0.15, 0.2) is 24.3 Å². The molecule has 0 bridgehead atoms. The lowest BCUT2D eigenvalue weighted by Gasteiger charge is -2.37. The number of benzene rings is 1. The van der Waals surface area contributed by atoms with E-state index in [9.17, 15) is 9.18 Å². The van der Waals surface area contributed by atoms with E-state index in [4.69, 9.17) is 0 Å². The molecule has 0 radical (unpaired) electrons. The molecule has 1 aromatic carbocycles. The molecule has 1 amide bonds. The van der Waals surface area contributed by atoms with Gasteiger partial charge in [-0.25, -0.2) is 4.39 Å². The third-order valence-corrected chi connectivity index (χ3v) is 5.89. The number of hydrogen-bond donors (Lipinski definition) is 0. The summed E-state index contributed by atoms with van der Waals surface area (Å²) in [5.41, 5.74) is 1.09. The molecule has 3 rings (SSSR count). The maximum atomic E-state index is 13.3. The quantitative estimate of drug-likeness (QED) is 0.826. The molecular formula is C21H31FN2O. The SMILES string of the molecule is CC(C(=O)N1CCCCCC1)N1CCC(Cc2cccc(F)c2)CC1. The predicted octanol–water partition coefficient (Wildman–Crippen LogP) is 3.87. The summed E-state index contributed by atoms with van der Waals surface area (Å²) in [4.78, 5) is 17.2. The molecule has 3 nitrogen and oxygen atoms in total. The second-order valence-electron chi connectivity index (χ2n) is 7.73. The second-order valence-corrected chi connectivity index (χ2v) is 7.73. The van der Waals surface area contributed by atoms with Crippen molar-refractivity contribution in [3.63, 3.8) is 0 Å². The number of rotatable bonds is 4. The van der Waals surface area contributed by atoms with Crippen molar-refractivity contribution in [1.82, 2.24) is 9.80 Å². The molecular weight excluding hydrogens is 315 g/mol. The molecule has 2 aliphatic heterocycles. The fourth-order valence-corrected chi connectivity index (χ4v) is 4.25. The van der Waals surface area contributed by atoms with Crippen molar-refractivity contribution in [2.24, 2.45) is 5.92 Å². The van der Waals surface area contributed by atoms with Crippen LogP contribution in [0.25, 0.3) is 0 Å². The van der Waals surface area contributed by atoms with Crippen LogP contribution in [0.2, 0.25) is 0 Å². The summed E-state index contributed by atoms with van der Waals surface area (Å²) < 4.78 is 13.3. The van der Waals surface area contributed by atoms with Crippen molar-refractivity contribution in [3.05, 3.63) is 35.6 Å². The largest absolute Gasteiger partial charge is 0.341 e. The molecule has 4 heteroatoms. The molecule has 0 spiro atoms. The van der Waals surface area contributed by atoms with Gasteiger partial charge in [0.05, 0.1) is 6.04 Å². The number of hydrogen-bond acceptors (Lipinski definition) is 2. The predicted molar refractivity (Wildman–Crippen MR) is 98.9 cm³/mol. The van der Waals surface area contributed by atoms with E-state index >= 15 is 0 Å². The number of carbonyl (C=O) groups excluding carboxylic acids is 1. The Kier molecular flexibility index (Phi) is 6.46. The highest BCUT2D eigenvalue weighted by atomic mass is 19.1. The average Bonchev–Trinajstić information content (AvgIpc) is 2.90. The van der Waals surface area contributed by atoms with Crippen LogP contribution in [0.5, 0.6) is 0 Å². The van der Waals surface area contributed by atoms with Gasteiger partial charge in [0, 0.05) is 13.1 Å². The standard InChI is InChI=1S/C21H31FN2O/c1-17(21(25)24-11-4-2-3-5-12-24)23-13-9-18(10-14-23)15-19-7-6-8-20(22)16-19/h6-8,16-18H,2-5,9-15H2,1H3. The minimum atomic E-state index is -0.147. The van der Waals surface area contributed by atoms with Gasteiger partial charge in [0.15, 0.2) is 0 Å². The lowest BCUT2D eigenvalue weighted by atomic mass is 9.89. The zero-order chi connectivity index (χ0) is 17.6.